The Morgan fingerprint density at radius 3 is 1.92 bits per heavy atom. The summed E-state index contributed by atoms with van der Waals surface area (Å²) in [4.78, 5) is 0. The van der Waals surface area contributed by atoms with E-state index in [0.29, 0.717) is 5.92 Å². The zero-order valence-corrected chi connectivity index (χ0v) is 13.8. The highest BCUT2D eigenvalue weighted by molar-refractivity contribution is 5.65. The van der Waals surface area contributed by atoms with Crippen LogP contribution in [0.3, 0.4) is 0 Å². The van der Waals surface area contributed by atoms with Crippen molar-refractivity contribution in [3.8, 4) is 0 Å². The second kappa shape index (κ2) is 8.12. The first kappa shape index (κ1) is 16.0. The maximum atomic E-state index is 4.31. The summed E-state index contributed by atoms with van der Waals surface area (Å²) in [6.07, 6.45) is 5.41. The van der Waals surface area contributed by atoms with Crippen LogP contribution in [0.4, 0.5) is 0 Å². The lowest BCUT2D eigenvalue weighted by Gasteiger charge is -2.15. The summed E-state index contributed by atoms with van der Waals surface area (Å²) in [5.74, 6) is 0.319. The fourth-order valence-corrected chi connectivity index (χ4v) is 2.85. The lowest BCUT2D eigenvalue weighted by atomic mass is 9.99. The number of allylic oxidation sites excluding steroid dienone is 2. The number of hydrogen-bond donors (Lipinski definition) is 0. The van der Waals surface area contributed by atoms with Gasteiger partial charge >= 0.3 is 0 Å². The minimum Gasteiger partial charge on any atom is -0.0952 e. The van der Waals surface area contributed by atoms with Crippen LogP contribution in [0, 0.1) is 0 Å². The first-order valence-electron chi connectivity index (χ1n) is 8.34. The maximum absolute atomic E-state index is 4.31. The molecule has 0 aliphatic rings. The molecule has 0 amide bonds. The average Bonchev–Trinajstić information content (AvgIpc) is 2.67. The van der Waals surface area contributed by atoms with Gasteiger partial charge in [-0.25, -0.2) is 0 Å². The molecule has 0 radical (unpaired) electrons. The van der Waals surface area contributed by atoms with E-state index in [1.54, 1.807) is 0 Å². The first-order valence-corrected chi connectivity index (χ1v) is 8.34. The average molecular weight is 311 g/mol. The number of hydrogen-bond acceptors (Lipinski definition) is 0. The smallest absolute Gasteiger partial charge is 0.00617 e. The highest BCUT2D eigenvalue weighted by atomic mass is 14.4. The Morgan fingerprint density at radius 1 is 0.750 bits per heavy atom. The van der Waals surface area contributed by atoms with Gasteiger partial charge in [-0.1, -0.05) is 110 Å². The standard InChI is InChI=1S/C24H22/c1-20(22-13-7-3-8-14-22)19-24(23-15-9-4-10-16-23)18-17-21-11-5-2-6-12-21/h2-18,24H,1,19H2/b18-17+/i19+1. The van der Waals surface area contributed by atoms with Crippen molar-refractivity contribution >= 4 is 11.6 Å². The lowest BCUT2D eigenvalue weighted by Crippen LogP contribution is -1.97. The van der Waals surface area contributed by atoms with Crippen LogP contribution in [0.1, 0.15) is 29.0 Å². The van der Waals surface area contributed by atoms with Crippen LogP contribution in [-0.2, 0) is 0 Å². The first-order chi connectivity index (χ1) is 11.8. The molecule has 0 bridgehead atoms. The van der Waals surface area contributed by atoms with Gasteiger partial charge in [0.2, 0.25) is 0 Å². The third-order valence-electron chi connectivity index (χ3n) is 4.20. The molecule has 1 unspecified atom stereocenters. The van der Waals surface area contributed by atoms with Crippen LogP contribution >= 0.6 is 0 Å². The molecule has 0 nitrogen and oxygen atoms in total. The van der Waals surface area contributed by atoms with Gasteiger partial charge < -0.3 is 0 Å². The number of rotatable bonds is 6. The van der Waals surface area contributed by atoms with E-state index in [2.05, 4.69) is 97.6 Å². The van der Waals surface area contributed by atoms with Gasteiger partial charge in [-0.2, -0.15) is 0 Å². The van der Waals surface area contributed by atoms with E-state index in [-0.39, 0.29) is 0 Å². The van der Waals surface area contributed by atoms with E-state index in [9.17, 15) is 0 Å². The molecule has 3 rings (SSSR count). The van der Waals surface area contributed by atoms with Crippen molar-refractivity contribution in [3.63, 3.8) is 0 Å². The lowest BCUT2D eigenvalue weighted by molar-refractivity contribution is 0.881. The van der Waals surface area contributed by atoms with Crippen molar-refractivity contribution in [2.45, 2.75) is 12.3 Å². The molecule has 0 saturated carbocycles. The molecule has 0 heterocycles. The molecule has 0 aromatic heterocycles. The van der Waals surface area contributed by atoms with Crippen molar-refractivity contribution < 1.29 is 0 Å². The molecule has 0 fully saturated rings. The van der Waals surface area contributed by atoms with Crippen LogP contribution in [0.5, 0.6) is 0 Å². The Morgan fingerprint density at radius 2 is 1.29 bits per heavy atom. The minimum absolute atomic E-state index is 0.319. The molecule has 0 saturated heterocycles. The van der Waals surface area contributed by atoms with Crippen LogP contribution in [0.25, 0.3) is 11.6 Å². The Kier molecular flexibility index (Phi) is 5.42. The summed E-state index contributed by atoms with van der Waals surface area (Å²) < 4.78 is 0. The molecule has 3 aromatic rings. The van der Waals surface area contributed by atoms with Gasteiger partial charge in [0.15, 0.2) is 0 Å². The van der Waals surface area contributed by atoms with Crippen LogP contribution in [0.15, 0.2) is 104 Å². The van der Waals surface area contributed by atoms with Crippen molar-refractivity contribution in [1.82, 2.24) is 0 Å². The quantitative estimate of drug-likeness (QED) is 0.451. The highest BCUT2D eigenvalue weighted by Gasteiger charge is 2.10. The predicted octanol–water partition coefficient (Wildman–Crippen LogP) is 6.59. The summed E-state index contributed by atoms with van der Waals surface area (Å²) in [7, 11) is 0. The second-order valence-electron chi connectivity index (χ2n) is 5.96. The summed E-state index contributed by atoms with van der Waals surface area (Å²) in [6.45, 7) is 4.31. The highest BCUT2D eigenvalue weighted by Crippen LogP contribution is 2.29. The third-order valence-corrected chi connectivity index (χ3v) is 4.20. The SMILES string of the molecule is C=C([13CH2]C(/C=C/c1ccccc1)c1ccccc1)c1ccccc1. The van der Waals surface area contributed by atoms with Gasteiger partial charge in [-0.15, -0.1) is 0 Å². The second-order valence-corrected chi connectivity index (χ2v) is 5.96. The van der Waals surface area contributed by atoms with Crippen molar-refractivity contribution in [2.24, 2.45) is 0 Å². The largest absolute Gasteiger partial charge is 0.0952 e. The molecule has 0 heteroatoms. The Hall–Kier alpha value is -2.86. The van der Waals surface area contributed by atoms with E-state index < -0.39 is 0 Å². The molecule has 24 heavy (non-hydrogen) atoms. The van der Waals surface area contributed by atoms with E-state index in [1.165, 1.54) is 22.3 Å². The normalized spacial score (nSPS) is 12.2. The van der Waals surface area contributed by atoms with Gasteiger partial charge in [0.05, 0.1) is 0 Å². The van der Waals surface area contributed by atoms with Gasteiger partial charge in [-0.05, 0) is 28.7 Å². The molecule has 0 aliphatic heterocycles. The van der Waals surface area contributed by atoms with E-state index in [0.717, 1.165) is 6.42 Å². The zero-order valence-electron chi connectivity index (χ0n) is 13.8. The molecular formula is C24H22. The Bertz CT molecular complexity index is 783. The number of benzene rings is 3. The monoisotopic (exact) mass is 311 g/mol. The van der Waals surface area contributed by atoms with Gasteiger partial charge in [0, 0.05) is 5.92 Å². The zero-order chi connectivity index (χ0) is 16.6. The van der Waals surface area contributed by atoms with Crippen LogP contribution < -0.4 is 0 Å². The molecular weight excluding hydrogens is 289 g/mol. The van der Waals surface area contributed by atoms with Gasteiger partial charge in [0.1, 0.15) is 0 Å². The molecule has 0 aliphatic carbocycles. The molecule has 1 atom stereocenters. The maximum Gasteiger partial charge on any atom is 0.00617 e. The molecule has 118 valence electrons. The van der Waals surface area contributed by atoms with Crippen LogP contribution in [0.2, 0.25) is 0 Å². The summed E-state index contributed by atoms with van der Waals surface area (Å²) in [5, 5.41) is 0. The van der Waals surface area contributed by atoms with Crippen LogP contribution in [-0.4, -0.2) is 0 Å². The molecule has 0 spiro atoms. The molecule has 3 aromatic carbocycles. The van der Waals surface area contributed by atoms with Crippen molar-refractivity contribution in [2.75, 3.05) is 0 Å². The van der Waals surface area contributed by atoms with Crippen molar-refractivity contribution in [3.05, 3.63) is 120 Å². The van der Waals surface area contributed by atoms with Crippen molar-refractivity contribution in [1.29, 1.82) is 0 Å². The predicted molar refractivity (Wildman–Crippen MR) is 105 cm³/mol. The summed E-state index contributed by atoms with van der Waals surface area (Å²) in [6, 6.07) is 31.5. The van der Waals surface area contributed by atoms with Gasteiger partial charge in [-0.3, -0.25) is 0 Å². The summed E-state index contributed by atoms with van der Waals surface area (Å²) >= 11 is 0. The Labute approximate surface area is 144 Å². The molecule has 0 N–H and O–H groups in total. The fraction of sp³-hybridized carbons (Fsp3) is 0.0833. The Balaban J connectivity index is 1.83. The van der Waals surface area contributed by atoms with E-state index in [4.69, 9.17) is 0 Å². The van der Waals surface area contributed by atoms with Gasteiger partial charge in [0.25, 0.3) is 0 Å². The fourth-order valence-electron chi connectivity index (χ4n) is 2.85. The topological polar surface area (TPSA) is 0 Å². The van der Waals surface area contributed by atoms with E-state index >= 15 is 0 Å². The third kappa shape index (κ3) is 4.33. The van der Waals surface area contributed by atoms with E-state index in [1.807, 2.05) is 12.1 Å². The summed E-state index contributed by atoms with van der Waals surface area (Å²) in [5.41, 5.74) is 4.93. The minimum atomic E-state index is 0.319.